The number of pyridine rings is 1. The van der Waals surface area contributed by atoms with E-state index >= 15 is 0 Å². The van der Waals surface area contributed by atoms with E-state index in [0.717, 1.165) is 11.1 Å². The summed E-state index contributed by atoms with van der Waals surface area (Å²) >= 11 is 12.1. The maximum absolute atomic E-state index is 13.2. The third-order valence-electron chi connectivity index (χ3n) is 4.91. The van der Waals surface area contributed by atoms with Crippen molar-refractivity contribution in [3.05, 3.63) is 90.9 Å². The summed E-state index contributed by atoms with van der Waals surface area (Å²) in [5, 5.41) is 4.66. The summed E-state index contributed by atoms with van der Waals surface area (Å²) < 4.78 is 8.15. The highest BCUT2D eigenvalue weighted by atomic mass is 35.5. The zero-order valence-corrected chi connectivity index (χ0v) is 17.7. The molecule has 30 heavy (non-hydrogen) atoms. The van der Waals surface area contributed by atoms with Crippen LogP contribution in [0.2, 0.25) is 10.0 Å². The van der Waals surface area contributed by atoms with Crippen LogP contribution in [0.25, 0.3) is 22.2 Å². The topological polar surface area (TPSA) is 69.0 Å². The molecule has 8 heteroatoms. The number of H-pyrrole nitrogens is 1. The third-order valence-corrected chi connectivity index (χ3v) is 5.42. The molecule has 0 bridgehead atoms. The van der Waals surface area contributed by atoms with Gasteiger partial charge in [0.15, 0.2) is 0 Å². The van der Waals surface area contributed by atoms with Crippen molar-refractivity contribution in [3.63, 3.8) is 0 Å². The molecule has 0 radical (unpaired) electrons. The van der Waals surface area contributed by atoms with Gasteiger partial charge in [0.1, 0.15) is 0 Å². The lowest BCUT2D eigenvalue weighted by atomic mass is 10.1. The number of nitrogens with zero attached hydrogens (tertiary/aromatic N) is 2. The summed E-state index contributed by atoms with van der Waals surface area (Å²) in [5.41, 5.74) is 2.22. The molecule has 2 aromatic carbocycles. The van der Waals surface area contributed by atoms with E-state index in [9.17, 15) is 9.59 Å². The van der Waals surface area contributed by atoms with Crippen molar-refractivity contribution >= 4 is 34.1 Å². The number of rotatable bonds is 6. The smallest absolute Gasteiger partial charge is 0.276 e. The molecule has 2 heterocycles. The van der Waals surface area contributed by atoms with Gasteiger partial charge in [0.2, 0.25) is 0 Å². The molecule has 0 unspecified atom stereocenters. The number of nitrogens with one attached hydrogen (secondary N) is 1. The standard InChI is InChI=1S/C22H19Cl2N3O3/c1-30-11-10-27-22(29)20-18(25-27)12-19(28)26(13-14-2-6-16(23)7-3-14)21(20)15-4-8-17(24)9-5-15/h2-9,12,25H,10-11,13H2,1H3. The summed E-state index contributed by atoms with van der Waals surface area (Å²) in [5.74, 6) is 0. The number of aromatic nitrogens is 3. The van der Waals surface area contributed by atoms with Gasteiger partial charge in [-0.1, -0.05) is 47.5 Å². The summed E-state index contributed by atoms with van der Waals surface area (Å²) in [6, 6.07) is 15.8. The molecule has 0 amide bonds. The van der Waals surface area contributed by atoms with E-state index in [0.29, 0.717) is 46.3 Å². The Morgan fingerprint density at radius 2 is 1.60 bits per heavy atom. The van der Waals surface area contributed by atoms with Crippen LogP contribution in [0.3, 0.4) is 0 Å². The Bertz CT molecular complexity index is 1300. The Kier molecular flexibility index (Phi) is 5.81. The molecule has 0 saturated heterocycles. The van der Waals surface area contributed by atoms with E-state index in [-0.39, 0.29) is 11.1 Å². The Morgan fingerprint density at radius 3 is 2.23 bits per heavy atom. The Hall–Kier alpha value is -2.80. The van der Waals surface area contributed by atoms with Crippen molar-refractivity contribution in [2.45, 2.75) is 13.1 Å². The first kappa shape index (κ1) is 20.5. The van der Waals surface area contributed by atoms with Crippen LogP contribution in [0.4, 0.5) is 0 Å². The normalized spacial score (nSPS) is 11.3. The largest absolute Gasteiger partial charge is 0.383 e. The van der Waals surface area contributed by atoms with E-state index in [4.69, 9.17) is 27.9 Å². The zero-order valence-electron chi connectivity index (χ0n) is 16.2. The molecule has 154 valence electrons. The molecule has 0 aliphatic carbocycles. The number of fused-ring (bicyclic) bond motifs is 1. The minimum absolute atomic E-state index is 0.211. The number of hydrogen-bond donors (Lipinski definition) is 1. The second kappa shape index (κ2) is 8.52. The fourth-order valence-corrected chi connectivity index (χ4v) is 3.71. The van der Waals surface area contributed by atoms with Gasteiger partial charge in [0, 0.05) is 23.2 Å². The summed E-state index contributed by atoms with van der Waals surface area (Å²) in [6.45, 7) is 1.03. The first-order chi connectivity index (χ1) is 14.5. The van der Waals surface area contributed by atoms with Gasteiger partial charge in [-0.2, -0.15) is 0 Å². The minimum atomic E-state index is -0.220. The van der Waals surface area contributed by atoms with E-state index in [1.54, 1.807) is 48.1 Å². The highest BCUT2D eigenvalue weighted by Gasteiger charge is 2.19. The quantitative estimate of drug-likeness (QED) is 0.486. The molecule has 0 saturated carbocycles. The van der Waals surface area contributed by atoms with Crippen LogP contribution in [0, 0.1) is 0 Å². The third kappa shape index (κ3) is 3.94. The molecule has 0 atom stereocenters. The molecule has 1 N–H and O–H groups in total. The number of methoxy groups -OCH3 is 1. The van der Waals surface area contributed by atoms with Crippen LogP contribution < -0.4 is 11.1 Å². The Morgan fingerprint density at radius 1 is 0.967 bits per heavy atom. The van der Waals surface area contributed by atoms with Crippen molar-refractivity contribution in [2.24, 2.45) is 0 Å². The molecule has 2 aromatic heterocycles. The van der Waals surface area contributed by atoms with Gasteiger partial charge in [-0.05, 0) is 35.4 Å². The first-order valence-electron chi connectivity index (χ1n) is 9.33. The van der Waals surface area contributed by atoms with Crippen LogP contribution in [0.15, 0.2) is 64.2 Å². The summed E-state index contributed by atoms with van der Waals surface area (Å²) in [7, 11) is 1.57. The number of halogens is 2. The summed E-state index contributed by atoms with van der Waals surface area (Å²) in [4.78, 5) is 26.2. The molecule has 4 rings (SSSR count). The van der Waals surface area contributed by atoms with Crippen LogP contribution in [-0.4, -0.2) is 28.1 Å². The number of benzene rings is 2. The fourth-order valence-electron chi connectivity index (χ4n) is 3.46. The van der Waals surface area contributed by atoms with Gasteiger partial charge in [-0.15, -0.1) is 0 Å². The van der Waals surface area contributed by atoms with Crippen molar-refractivity contribution in [1.29, 1.82) is 0 Å². The van der Waals surface area contributed by atoms with Crippen LogP contribution in [0.5, 0.6) is 0 Å². The lowest BCUT2D eigenvalue weighted by molar-refractivity contribution is 0.183. The summed E-state index contributed by atoms with van der Waals surface area (Å²) in [6.07, 6.45) is 0. The molecule has 0 aliphatic heterocycles. The van der Waals surface area contributed by atoms with E-state index < -0.39 is 0 Å². The van der Waals surface area contributed by atoms with Crippen molar-refractivity contribution in [1.82, 2.24) is 14.3 Å². The first-order valence-corrected chi connectivity index (χ1v) is 10.1. The van der Waals surface area contributed by atoms with E-state index in [1.165, 1.54) is 10.7 Å². The van der Waals surface area contributed by atoms with Gasteiger partial charge in [-0.25, -0.2) is 4.68 Å². The average molecular weight is 444 g/mol. The second-order valence-corrected chi connectivity index (χ2v) is 7.77. The van der Waals surface area contributed by atoms with Crippen LogP contribution in [-0.2, 0) is 17.8 Å². The molecule has 0 spiro atoms. The lowest BCUT2D eigenvalue weighted by Gasteiger charge is -2.14. The Labute approximate surface area is 182 Å². The molecule has 4 aromatic rings. The number of hydrogen-bond acceptors (Lipinski definition) is 3. The van der Waals surface area contributed by atoms with Crippen molar-refractivity contribution < 1.29 is 4.74 Å². The number of aromatic amines is 1. The predicted octanol–water partition coefficient (Wildman–Crippen LogP) is 4.16. The van der Waals surface area contributed by atoms with Gasteiger partial charge >= 0.3 is 0 Å². The van der Waals surface area contributed by atoms with Gasteiger partial charge in [0.25, 0.3) is 11.1 Å². The highest BCUT2D eigenvalue weighted by molar-refractivity contribution is 6.30. The molecule has 6 nitrogen and oxygen atoms in total. The fraction of sp³-hybridized carbons (Fsp3) is 0.182. The predicted molar refractivity (Wildman–Crippen MR) is 120 cm³/mol. The Balaban J connectivity index is 1.98. The van der Waals surface area contributed by atoms with Gasteiger partial charge in [0.05, 0.1) is 36.3 Å². The molecule has 0 fully saturated rings. The minimum Gasteiger partial charge on any atom is -0.383 e. The average Bonchev–Trinajstić information content (AvgIpc) is 3.04. The molecular formula is C22H19Cl2N3O3. The van der Waals surface area contributed by atoms with Crippen molar-refractivity contribution in [2.75, 3.05) is 13.7 Å². The van der Waals surface area contributed by atoms with Gasteiger partial charge in [-0.3, -0.25) is 14.7 Å². The zero-order chi connectivity index (χ0) is 21.3. The lowest BCUT2D eigenvalue weighted by Crippen LogP contribution is -2.24. The van der Waals surface area contributed by atoms with Crippen LogP contribution >= 0.6 is 23.2 Å². The maximum Gasteiger partial charge on any atom is 0.276 e. The SMILES string of the molecule is COCCn1[nH]c2cc(=O)n(Cc3ccc(Cl)cc3)c(-c3ccc(Cl)cc3)c2c1=O. The van der Waals surface area contributed by atoms with Gasteiger partial charge < -0.3 is 9.30 Å². The monoisotopic (exact) mass is 443 g/mol. The van der Waals surface area contributed by atoms with Crippen LogP contribution in [0.1, 0.15) is 5.56 Å². The maximum atomic E-state index is 13.2. The number of ether oxygens (including phenoxy) is 1. The van der Waals surface area contributed by atoms with E-state index in [2.05, 4.69) is 5.10 Å². The highest BCUT2D eigenvalue weighted by Crippen LogP contribution is 2.27. The molecule has 0 aliphatic rings. The molecular weight excluding hydrogens is 425 g/mol. The second-order valence-electron chi connectivity index (χ2n) is 6.90. The van der Waals surface area contributed by atoms with Crippen molar-refractivity contribution in [3.8, 4) is 11.3 Å². The van der Waals surface area contributed by atoms with E-state index in [1.807, 2.05) is 12.1 Å².